The van der Waals surface area contributed by atoms with Crippen molar-refractivity contribution in [2.45, 2.75) is 44.4 Å². The van der Waals surface area contributed by atoms with Gasteiger partial charge in [-0.05, 0) is 42.0 Å². The standard InChI is InChI=1S/C21H27NO3.ClH/c1-24-18-12-11-17(20(22)21(23)16-9-5-6-10-16)13-19(18)25-14-15-7-3-2-4-8-15;/h2-4,7-8,11-13,16,20-21,23H,5-6,9-10,14,22H2,1H3;1H/t20-,21+;/m0./s1. The maximum Gasteiger partial charge on any atom is 0.161 e. The Labute approximate surface area is 161 Å². The van der Waals surface area contributed by atoms with E-state index in [1.54, 1.807) is 7.11 Å². The summed E-state index contributed by atoms with van der Waals surface area (Å²) in [5.41, 5.74) is 8.31. The Morgan fingerprint density at radius 3 is 2.42 bits per heavy atom. The number of rotatable bonds is 7. The number of aliphatic hydroxyl groups is 1. The summed E-state index contributed by atoms with van der Waals surface area (Å²) in [6.45, 7) is 0.459. The number of methoxy groups -OCH3 is 1. The maximum absolute atomic E-state index is 10.6. The van der Waals surface area contributed by atoms with Crippen LogP contribution < -0.4 is 15.2 Å². The van der Waals surface area contributed by atoms with E-state index in [4.69, 9.17) is 15.2 Å². The van der Waals surface area contributed by atoms with Gasteiger partial charge < -0.3 is 20.3 Å². The monoisotopic (exact) mass is 377 g/mol. The predicted octanol–water partition coefficient (Wildman–Crippen LogP) is 4.25. The lowest BCUT2D eigenvalue weighted by molar-refractivity contribution is 0.0843. The second kappa shape index (κ2) is 9.81. The second-order valence-electron chi connectivity index (χ2n) is 6.75. The first-order valence-electron chi connectivity index (χ1n) is 8.97. The molecule has 2 aromatic carbocycles. The molecule has 0 saturated heterocycles. The van der Waals surface area contributed by atoms with Gasteiger partial charge in [-0.25, -0.2) is 0 Å². The highest BCUT2D eigenvalue weighted by Crippen LogP contribution is 2.35. The van der Waals surface area contributed by atoms with Crippen LogP contribution in [0.5, 0.6) is 11.5 Å². The summed E-state index contributed by atoms with van der Waals surface area (Å²) in [4.78, 5) is 0. The lowest BCUT2D eigenvalue weighted by atomic mass is 9.91. The van der Waals surface area contributed by atoms with Gasteiger partial charge in [0, 0.05) is 0 Å². The smallest absolute Gasteiger partial charge is 0.161 e. The van der Waals surface area contributed by atoms with E-state index in [1.165, 1.54) is 12.8 Å². The molecule has 0 heterocycles. The van der Waals surface area contributed by atoms with Gasteiger partial charge in [-0.1, -0.05) is 49.2 Å². The number of ether oxygens (including phenoxy) is 2. The Hall–Kier alpha value is -1.75. The fourth-order valence-corrected chi connectivity index (χ4v) is 3.54. The molecule has 0 unspecified atom stereocenters. The van der Waals surface area contributed by atoms with Gasteiger partial charge in [0.1, 0.15) is 6.61 Å². The van der Waals surface area contributed by atoms with Crippen molar-refractivity contribution in [2.24, 2.45) is 11.7 Å². The van der Waals surface area contributed by atoms with Gasteiger partial charge in [-0.15, -0.1) is 12.4 Å². The molecule has 0 bridgehead atoms. The first kappa shape index (κ1) is 20.6. The first-order valence-corrected chi connectivity index (χ1v) is 8.97. The second-order valence-corrected chi connectivity index (χ2v) is 6.75. The van der Waals surface area contributed by atoms with E-state index < -0.39 is 12.1 Å². The van der Waals surface area contributed by atoms with Crippen molar-refractivity contribution < 1.29 is 14.6 Å². The fraction of sp³-hybridized carbons (Fsp3) is 0.429. The van der Waals surface area contributed by atoms with Gasteiger partial charge in [0.25, 0.3) is 0 Å². The molecule has 2 atom stereocenters. The minimum atomic E-state index is -0.516. The van der Waals surface area contributed by atoms with Crippen LogP contribution in [-0.2, 0) is 6.61 Å². The van der Waals surface area contributed by atoms with Crippen LogP contribution in [0.4, 0.5) is 0 Å². The van der Waals surface area contributed by atoms with Gasteiger partial charge in [0.15, 0.2) is 11.5 Å². The molecular formula is C21H28ClNO3. The third-order valence-corrected chi connectivity index (χ3v) is 5.06. The van der Waals surface area contributed by atoms with Crippen molar-refractivity contribution in [1.29, 1.82) is 0 Å². The molecule has 142 valence electrons. The molecule has 2 aromatic rings. The quantitative estimate of drug-likeness (QED) is 0.757. The molecule has 1 aliphatic rings. The molecule has 0 amide bonds. The van der Waals surface area contributed by atoms with Crippen LogP contribution in [0.3, 0.4) is 0 Å². The number of nitrogens with two attached hydrogens (primary N) is 1. The summed E-state index contributed by atoms with van der Waals surface area (Å²) in [6, 6.07) is 15.2. The van der Waals surface area contributed by atoms with Gasteiger partial charge >= 0.3 is 0 Å². The Bertz CT molecular complexity index is 674. The van der Waals surface area contributed by atoms with Crippen molar-refractivity contribution in [3.63, 3.8) is 0 Å². The third kappa shape index (κ3) is 4.91. The number of hydrogen-bond acceptors (Lipinski definition) is 4. The Balaban J connectivity index is 0.00000243. The molecule has 1 saturated carbocycles. The molecule has 3 N–H and O–H groups in total. The van der Waals surface area contributed by atoms with Crippen LogP contribution in [0.2, 0.25) is 0 Å². The molecule has 26 heavy (non-hydrogen) atoms. The summed E-state index contributed by atoms with van der Waals surface area (Å²) < 4.78 is 11.3. The molecule has 1 aliphatic carbocycles. The van der Waals surface area contributed by atoms with Crippen LogP contribution in [0.15, 0.2) is 48.5 Å². The van der Waals surface area contributed by atoms with E-state index >= 15 is 0 Å². The van der Waals surface area contributed by atoms with E-state index in [0.29, 0.717) is 24.0 Å². The van der Waals surface area contributed by atoms with Crippen LogP contribution >= 0.6 is 12.4 Å². The van der Waals surface area contributed by atoms with E-state index in [0.717, 1.165) is 24.0 Å². The first-order chi connectivity index (χ1) is 12.2. The number of hydrogen-bond donors (Lipinski definition) is 2. The van der Waals surface area contributed by atoms with E-state index in [2.05, 4.69) is 0 Å². The third-order valence-electron chi connectivity index (χ3n) is 5.06. The molecular weight excluding hydrogens is 350 g/mol. The lowest BCUT2D eigenvalue weighted by Crippen LogP contribution is -2.31. The molecule has 0 spiro atoms. The van der Waals surface area contributed by atoms with Crippen LogP contribution in [-0.4, -0.2) is 18.3 Å². The molecule has 1 fully saturated rings. The Morgan fingerprint density at radius 1 is 1.08 bits per heavy atom. The van der Waals surface area contributed by atoms with Crippen LogP contribution in [0.1, 0.15) is 42.9 Å². The van der Waals surface area contributed by atoms with E-state index in [1.807, 2.05) is 48.5 Å². The summed E-state index contributed by atoms with van der Waals surface area (Å²) in [5.74, 6) is 1.62. The average molecular weight is 378 g/mol. The highest BCUT2D eigenvalue weighted by molar-refractivity contribution is 5.85. The van der Waals surface area contributed by atoms with Crippen molar-refractivity contribution in [1.82, 2.24) is 0 Å². The zero-order chi connectivity index (χ0) is 17.6. The highest BCUT2D eigenvalue weighted by atomic mass is 35.5. The minimum absolute atomic E-state index is 0. The Kier molecular flexibility index (Phi) is 7.76. The van der Waals surface area contributed by atoms with Crippen molar-refractivity contribution in [2.75, 3.05) is 7.11 Å². The van der Waals surface area contributed by atoms with Gasteiger partial charge in [0.2, 0.25) is 0 Å². The molecule has 0 aliphatic heterocycles. The maximum atomic E-state index is 10.6. The summed E-state index contributed by atoms with van der Waals surface area (Å²) in [5, 5.41) is 10.6. The topological polar surface area (TPSA) is 64.7 Å². The zero-order valence-electron chi connectivity index (χ0n) is 15.1. The number of benzene rings is 2. The molecule has 0 aromatic heterocycles. The van der Waals surface area contributed by atoms with Gasteiger partial charge in [-0.2, -0.15) is 0 Å². The minimum Gasteiger partial charge on any atom is -0.493 e. The molecule has 0 radical (unpaired) electrons. The number of aliphatic hydroxyl groups excluding tert-OH is 1. The lowest BCUT2D eigenvalue weighted by Gasteiger charge is -2.25. The molecule has 5 heteroatoms. The van der Waals surface area contributed by atoms with Crippen molar-refractivity contribution >= 4 is 12.4 Å². The molecule has 4 nitrogen and oxygen atoms in total. The number of halogens is 1. The summed E-state index contributed by atoms with van der Waals surface area (Å²) in [6.07, 6.45) is 3.97. The largest absolute Gasteiger partial charge is 0.493 e. The Morgan fingerprint density at radius 2 is 1.77 bits per heavy atom. The summed E-state index contributed by atoms with van der Waals surface area (Å²) in [7, 11) is 1.62. The normalized spacial score (nSPS) is 16.6. The van der Waals surface area contributed by atoms with Crippen molar-refractivity contribution in [3.8, 4) is 11.5 Å². The van der Waals surface area contributed by atoms with Crippen LogP contribution in [0, 0.1) is 5.92 Å². The van der Waals surface area contributed by atoms with E-state index in [9.17, 15) is 5.11 Å². The van der Waals surface area contributed by atoms with Crippen molar-refractivity contribution in [3.05, 3.63) is 59.7 Å². The van der Waals surface area contributed by atoms with Gasteiger partial charge in [0.05, 0.1) is 19.3 Å². The van der Waals surface area contributed by atoms with E-state index in [-0.39, 0.29) is 12.4 Å². The van der Waals surface area contributed by atoms with Crippen LogP contribution in [0.25, 0.3) is 0 Å². The molecule has 3 rings (SSSR count). The van der Waals surface area contributed by atoms with Gasteiger partial charge in [-0.3, -0.25) is 0 Å². The average Bonchev–Trinajstić information content (AvgIpc) is 3.20. The fourth-order valence-electron chi connectivity index (χ4n) is 3.54. The SMILES string of the molecule is COc1ccc([C@H](N)[C@H](O)C2CCCC2)cc1OCc1ccccc1.Cl. The highest BCUT2D eigenvalue weighted by Gasteiger charge is 2.29. The zero-order valence-corrected chi connectivity index (χ0v) is 16.0. The predicted molar refractivity (Wildman–Crippen MR) is 106 cm³/mol. The summed E-state index contributed by atoms with van der Waals surface area (Å²) >= 11 is 0.